The van der Waals surface area contributed by atoms with Crippen LogP contribution in [-0.2, 0) is 0 Å². The lowest BCUT2D eigenvalue weighted by Gasteiger charge is -1.98. The van der Waals surface area contributed by atoms with E-state index in [4.69, 9.17) is 6.42 Å². The summed E-state index contributed by atoms with van der Waals surface area (Å²) in [4.78, 5) is 0. The highest BCUT2D eigenvalue weighted by Crippen LogP contribution is 2.03. The molecule has 8 heavy (non-hydrogen) atoms. The molecule has 3 N–H and O–H groups in total. The Morgan fingerprint density at radius 2 is 1.75 bits per heavy atom. The lowest BCUT2D eigenvalue weighted by Crippen LogP contribution is -1.88. The van der Waals surface area contributed by atoms with Crippen molar-refractivity contribution in [3.8, 4) is 12.3 Å². The fourth-order valence-electron chi connectivity index (χ4n) is 0.524. The Kier molecular flexibility index (Phi) is 8.55. The Morgan fingerprint density at radius 1 is 1.38 bits per heavy atom. The Labute approximate surface area is 52.1 Å². The molecule has 1 nitrogen and oxygen atoms in total. The first-order chi connectivity index (χ1) is 3.35. The van der Waals surface area contributed by atoms with Gasteiger partial charge in [0.1, 0.15) is 0 Å². The van der Waals surface area contributed by atoms with Crippen molar-refractivity contribution in [2.24, 2.45) is 5.92 Å². The van der Waals surface area contributed by atoms with Gasteiger partial charge in [0.2, 0.25) is 0 Å². The minimum Gasteiger partial charge on any atom is -0.344 e. The molecule has 0 spiro atoms. The maximum Gasteiger partial charge on any atom is 0.0195 e. The zero-order valence-electron chi connectivity index (χ0n) is 5.78. The van der Waals surface area contributed by atoms with Crippen LogP contribution in [0.25, 0.3) is 0 Å². The van der Waals surface area contributed by atoms with Crippen LogP contribution in [0.15, 0.2) is 0 Å². The smallest absolute Gasteiger partial charge is 0.0195 e. The number of rotatable bonds is 2. The fourth-order valence-corrected chi connectivity index (χ4v) is 0.524. The molecular formula is C7H15N. The van der Waals surface area contributed by atoms with Crippen LogP contribution in [0.1, 0.15) is 26.7 Å². The van der Waals surface area contributed by atoms with E-state index >= 15 is 0 Å². The molecule has 0 saturated heterocycles. The summed E-state index contributed by atoms with van der Waals surface area (Å²) in [7, 11) is 0. The Balaban J connectivity index is 0. The summed E-state index contributed by atoms with van der Waals surface area (Å²) in [5.41, 5.74) is 0. The molecule has 0 atom stereocenters. The zero-order chi connectivity index (χ0) is 5.70. The second-order valence-corrected chi connectivity index (χ2v) is 1.68. The van der Waals surface area contributed by atoms with Gasteiger partial charge in [0.25, 0.3) is 0 Å². The van der Waals surface area contributed by atoms with E-state index < -0.39 is 0 Å². The normalized spacial score (nSPS) is 7.75. The van der Waals surface area contributed by atoms with Crippen LogP contribution < -0.4 is 6.15 Å². The molecule has 0 amide bonds. The van der Waals surface area contributed by atoms with Gasteiger partial charge >= 0.3 is 0 Å². The second kappa shape index (κ2) is 6.52. The van der Waals surface area contributed by atoms with Crippen LogP contribution in [0.3, 0.4) is 0 Å². The number of terminal acetylenes is 1. The first-order valence-corrected chi connectivity index (χ1v) is 2.81. The first-order valence-electron chi connectivity index (χ1n) is 2.81. The van der Waals surface area contributed by atoms with E-state index in [1.54, 1.807) is 0 Å². The van der Waals surface area contributed by atoms with E-state index in [0.29, 0.717) is 5.92 Å². The summed E-state index contributed by atoms with van der Waals surface area (Å²) in [6, 6.07) is 0. The summed E-state index contributed by atoms with van der Waals surface area (Å²) in [5.74, 6) is 3.22. The van der Waals surface area contributed by atoms with Crippen molar-refractivity contribution in [1.29, 1.82) is 0 Å². The molecule has 0 saturated carbocycles. The Hall–Kier alpha value is -0.480. The average Bonchev–Trinajstić information content (AvgIpc) is 1.72. The van der Waals surface area contributed by atoms with E-state index in [0.717, 1.165) is 12.8 Å². The highest BCUT2D eigenvalue weighted by Gasteiger charge is 1.93. The molecule has 0 fully saturated rings. The maximum absolute atomic E-state index is 5.14. The predicted molar refractivity (Wildman–Crippen MR) is 37.9 cm³/mol. The Morgan fingerprint density at radius 3 is 1.75 bits per heavy atom. The summed E-state index contributed by atoms with van der Waals surface area (Å²) < 4.78 is 0. The van der Waals surface area contributed by atoms with Crippen LogP contribution in [0.4, 0.5) is 0 Å². The third-order valence-electron chi connectivity index (χ3n) is 1.22. The summed E-state index contributed by atoms with van der Waals surface area (Å²) in [6.07, 6.45) is 7.38. The second-order valence-electron chi connectivity index (χ2n) is 1.68. The van der Waals surface area contributed by atoms with Gasteiger partial charge in [-0.15, -0.1) is 12.3 Å². The average molecular weight is 113 g/mol. The molecule has 0 aliphatic rings. The third-order valence-corrected chi connectivity index (χ3v) is 1.22. The molecule has 0 rings (SSSR count). The molecule has 0 bridgehead atoms. The van der Waals surface area contributed by atoms with Gasteiger partial charge in [0.05, 0.1) is 0 Å². The van der Waals surface area contributed by atoms with Gasteiger partial charge < -0.3 is 6.15 Å². The quantitative estimate of drug-likeness (QED) is 0.547. The molecule has 0 aromatic carbocycles. The van der Waals surface area contributed by atoms with Crippen LogP contribution in [-0.4, -0.2) is 0 Å². The maximum atomic E-state index is 5.14. The largest absolute Gasteiger partial charge is 0.344 e. The van der Waals surface area contributed by atoms with Crippen molar-refractivity contribution in [1.82, 2.24) is 6.15 Å². The van der Waals surface area contributed by atoms with Crippen molar-refractivity contribution in [2.45, 2.75) is 26.7 Å². The van der Waals surface area contributed by atoms with Crippen LogP contribution in [0, 0.1) is 18.3 Å². The minimum atomic E-state index is 0. The summed E-state index contributed by atoms with van der Waals surface area (Å²) in [6.45, 7) is 4.24. The molecule has 0 heterocycles. The van der Waals surface area contributed by atoms with Crippen LogP contribution in [0.5, 0.6) is 0 Å². The van der Waals surface area contributed by atoms with Crippen LogP contribution >= 0.6 is 0 Å². The van der Waals surface area contributed by atoms with Gasteiger partial charge in [-0.25, -0.2) is 0 Å². The number of hydrogen-bond donors (Lipinski definition) is 1. The monoisotopic (exact) mass is 113 g/mol. The van der Waals surface area contributed by atoms with Gasteiger partial charge in [0.15, 0.2) is 0 Å². The lowest BCUT2D eigenvalue weighted by atomic mass is 10.1. The van der Waals surface area contributed by atoms with Gasteiger partial charge in [-0.2, -0.15) is 0 Å². The van der Waals surface area contributed by atoms with E-state index in [9.17, 15) is 0 Å². The molecule has 0 aliphatic carbocycles. The molecule has 0 unspecified atom stereocenters. The van der Waals surface area contributed by atoms with Crippen molar-refractivity contribution >= 4 is 0 Å². The first kappa shape index (κ1) is 10.5. The van der Waals surface area contributed by atoms with Gasteiger partial charge in [0, 0.05) is 5.92 Å². The van der Waals surface area contributed by atoms with E-state index in [1.165, 1.54) is 0 Å². The molecule has 0 radical (unpaired) electrons. The Bertz CT molecular complexity index is 66.9. The third kappa shape index (κ3) is 3.70. The van der Waals surface area contributed by atoms with E-state index in [1.807, 2.05) is 0 Å². The molecule has 48 valence electrons. The topological polar surface area (TPSA) is 35.0 Å². The van der Waals surface area contributed by atoms with Gasteiger partial charge in [-0.1, -0.05) is 13.8 Å². The van der Waals surface area contributed by atoms with Crippen LogP contribution in [0.2, 0.25) is 0 Å². The highest BCUT2D eigenvalue weighted by molar-refractivity contribution is 4.90. The number of hydrogen-bond acceptors (Lipinski definition) is 1. The zero-order valence-corrected chi connectivity index (χ0v) is 5.78. The van der Waals surface area contributed by atoms with Crippen molar-refractivity contribution < 1.29 is 0 Å². The molecule has 1 heteroatoms. The highest BCUT2D eigenvalue weighted by atomic mass is 14.0. The molecule has 0 aliphatic heterocycles. The van der Waals surface area contributed by atoms with Crippen molar-refractivity contribution in [3.05, 3.63) is 0 Å². The lowest BCUT2D eigenvalue weighted by molar-refractivity contribution is 0.628. The molecular weight excluding hydrogens is 98.1 g/mol. The summed E-state index contributed by atoms with van der Waals surface area (Å²) in [5, 5.41) is 0. The van der Waals surface area contributed by atoms with E-state index in [2.05, 4.69) is 19.8 Å². The van der Waals surface area contributed by atoms with Crippen molar-refractivity contribution in [2.75, 3.05) is 0 Å². The van der Waals surface area contributed by atoms with Crippen molar-refractivity contribution in [3.63, 3.8) is 0 Å². The summed E-state index contributed by atoms with van der Waals surface area (Å²) >= 11 is 0. The molecule has 0 aromatic heterocycles. The minimum absolute atomic E-state index is 0. The van der Waals surface area contributed by atoms with Gasteiger partial charge in [-0.05, 0) is 12.8 Å². The molecule has 0 aromatic rings. The van der Waals surface area contributed by atoms with Gasteiger partial charge in [-0.3, -0.25) is 0 Å². The standard InChI is InChI=1S/C7H12.H3N/c1-4-7(5-2)6-3;/h1,7H,5-6H2,2-3H3;1H3. The SMILES string of the molecule is C#CC(CC)CC.N. The van der Waals surface area contributed by atoms with E-state index in [-0.39, 0.29) is 6.15 Å². The fraction of sp³-hybridized carbons (Fsp3) is 0.714. The predicted octanol–water partition coefficient (Wildman–Crippen LogP) is 2.22.